The van der Waals surface area contributed by atoms with E-state index in [2.05, 4.69) is 32.7 Å². The van der Waals surface area contributed by atoms with Crippen molar-refractivity contribution in [2.45, 2.75) is 24.8 Å². The average molecular weight is 359 g/mol. The summed E-state index contributed by atoms with van der Waals surface area (Å²) >= 11 is 2.24. The second-order valence-electron chi connectivity index (χ2n) is 3.70. The van der Waals surface area contributed by atoms with Crippen molar-refractivity contribution in [3.05, 3.63) is 23.5 Å². The van der Waals surface area contributed by atoms with Gasteiger partial charge in [-0.2, -0.15) is 5.10 Å². The van der Waals surface area contributed by atoms with E-state index < -0.39 is 0 Å². The molecule has 0 fully saturated rings. The van der Waals surface area contributed by atoms with Crippen LogP contribution in [-0.4, -0.2) is 27.3 Å². The van der Waals surface area contributed by atoms with E-state index in [0.717, 1.165) is 27.6 Å². The molecule has 6 heteroatoms. The topological polar surface area (TPSA) is 57.0 Å². The molecular weight excluding hydrogens is 345 g/mol. The zero-order valence-electron chi connectivity index (χ0n) is 10.3. The van der Waals surface area contributed by atoms with E-state index in [9.17, 15) is 4.79 Å². The number of aryl methyl sites for hydroxylation is 1. The van der Waals surface area contributed by atoms with Crippen molar-refractivity contribution < 1.29 is 9.53 Å². The van der Waals surface area contributed by atoms with Crippen LogP contribution in [-0.2, 0) is 15.7 Å². The third-order valence-electron chi connectivity index (χ3n) is 2.71. The molecule has 0 unspecified atom stereocenters. The Labute approximate surface area is 119 Å². The van der Waals surface area contributed by atoms with Crippen LogP contribution < -0.4 is 0 Å². The zero-order chi connectivity index (χ0) is 13.1. The number of aromatic nitrogens is 3. The number of ether oxygens (including phenoxy) is 1. The number of carbonyl (C=O) groups excluding carboxylic acids is 1. The molecule has 0 amide bonds. The minimum Gasteiger partial charge on any atom is -0.462 e. The third kappa shape index (κ3) is 2.21. The van der Waals surface area contributed by atoms with Crippen LogP contribution in [0, 0.1) is 0 Å². The van der Waals surface area contributed by atoms with E-state index in [4.69, 9.17) is 4.74 Å². The summed E-state index contributed by atoms with van der Waals surface area (Å²) in [6, 6.07) is 0. The Hall–Kier alpha value is -1.18. The predicted molar refractivity (Wildman–Crippen MR) is 76.9 cm³/mol. The molecule has 0 saturated carbocycles. The number of hydrogen-bond acceptors (Lipinski definition) is 4. The predicted octanol–water partition coefficient (Wildman–Crippen LogP) is 2.56. The van der Waals surface area contributed by atoms with Crippen LogP contribution in [0.2, 0.25) is 0 Å². The monoisotopic (exact) mass is 359 g/mol. The van der Waals surface area contributed by atoms with Crippen LogP contribution in [0.15, 0.2) is 12.4 Å². The lowest BCUT2D eigenvalue weighted by molar-refractivity contribution is 0.0525. The van der Waals surface area contributed by atoms with Crippen LogP contribution in [0.25, 0.3) is 11.0 Å². The fourth-order valence-corrected chi connectivity index (χ4v) is 2.66. The van der Waals surface area contributed by atoms with Gasteiger partial charge in [0.25, 0.3) is 0 Å². The van der Waals surface area contributed by atoms with E-state index in [0.29, 0.717) is 12.2 Å². The van der Waals surface area contributed by atoms with E-state index >= 15 is 0 Å². The molecule has 2 aromatic heterocycles. The first-order chi connectivity index (χ1) is 8.72. The number of halogens is 1. The van der Waals surface area contributed by atoms with Crippen molar-refractivity contribution in [3.63, 3.8) is 0 Å². The molecule has 2 aromatic rings. The Morgan fingerprint density at radius 2 is 2.22 bits per heavy atom. The van der Waals surface area contributed by atoms with E-state index in [-0.39, 0.29) is 5.97 Å². The van der Waals surface area contributed by atoms with Gasteiger partial charge >= 0.3 is 5.97 Å². The summed E-state index contributed by atoms with van der Waals surface area (Å²) in [4.78, 5) is 16.2. The minimum absolute atomic E-state index is 0.317. The Morgan fingerprint density at radius 3 is 2.83 bits per heavy atom. The molecule has 5 nitrogen and oxygen atoms in total. The molecule has 0 aliphatic carbocycles. The molecule has 18 heavy (non-hydrogen) atoms. The van der Waals surface area contributed by atoms with Crippen molar-refractivity contribution in [1.29, 1.82) is 0 Å². The second kappa shape index (κ2) is 5.64. The molecule has 0 bridgehead atoms. The fourth-order valence-electron chi connectivity index (χ4n) is 1.84. The standard InChI is InChI=1S/C12H14IN3O2/c1-3-16-11-9(7-15-16)8(5-13)10(6-14-11)12(17)18-4-2/h6-7H,3-5H2,1-2H3. The van der Waals surface area contributed by atoms with Crippen molar-refractivity contribution in [2.24, 2.45) is 0 Å². The zero-order valence-corrected chi connectivity index (χ0v) is 12.5. The SMILES string of the molecule is CCOC(=O)c1cnc2c(cnn2CC)c1CI. The Balaban J connectivity index is 2.59. The number of fused-ring (bicyclic) bond motifs is 1. The van der Waals surface area contributed by atoms with Crippen molar-refractivity contribution >= 4 is 39.6 Å². The van der Waals surface area contributed by atoms with Gasteiger partial charge in [0.2, 0.25) is 0 Å². The normalized spacial score (nSPS) is 10.8. The maximum atomic E-state index is 11.9. The first-order valence-corrected chi connectivity index (χ1v) is 7.31. The van der Waals surface area contributed by atoms with Gasteiger partial charge in [-0.15, -0.1) is 0 Å². The van der Waals surface area contributed by atoms with Crippen LogP contribution in [0.1, 0.15) is 29.8 Å². The van der Waals surface area contributed by atoms with Crippen LogP contribution in [0.5, 0.6) is 0 Å². The van der Waals surface area contributed by atoms with Gasteiger partial charge in [0.1, 0.15) is 0 Å². The summed E-state index contributed by atoms with van der Waals surface area (Å²) in [6.45, 7) is 4.93. The lowest BCUT2D eigenvalue weighted by atomic mass is 10.1. The summed E-state index contributed by atoms with van der Waals surface area (Å²) in [5, 5.41) is 5.20. The number of carbonyl (C=O) groups is 1. The number of hydrogen-bond donors (Lipinski definition) is 0. The summed E-state index contributed by atoms with van der Waals surface area (Å²) in [5.41, 5.74) is 2.30. The van der Waals surface area contributed by atoms with E-state index in [1.807, 2.05) is 11.6 Å². The molecular formula is C12H14IN3O2. The minimum atomic E-state index is -0.317. The molecule has 0 atom stereocenters. The number of rotatable bonds is 4. The molecule has 0 aliphatic rings. The van der Waals surface area contributed by atoms with E-state index in [1.165, 1.54) is 0 Å². The Morgan fingerprint density at radius 1 is 1.44 bits per heavy atom. The number of pyridine rings is 1. The lowest BCUT2D eigenvalue weighted by Crippen LogP contribution is -2.09. The van der Waals surface area contributed by atoms with Gasteiger partial charge in [0.15, 0.2) is 5.65 Å². The Kier molecular flexibility index (Phi) is 4.15. The molecule has 0 saturated heterocycles. The highest BCUT2D eigenvalue weighted by Crippen LogP contribution is 2.23. The first kappa shape index (κ1) is 13.3. The molecule has 2 rings (SSSR count). The highest BCUT2D eigenvalue weighted by atomic mass is 127. The number of esters is 1. The number of nitrogens with zero attached hydrogens (tertiary/aromatic N) is 3. The maximum Gasteiger partial charge on any atom is 0.340 e. The average Bonchev–Trinajstić information content (AvgIpc) is 2.80. The highest BCUT2D eigenvalue weighted by molar-refractivity contribution is 14.1. The number of alkyl halides is 1. The first-order valence-electron chi connectivity index (χ1n) is 5.79. The van der Waals surface area contributed by atoms with Gasteiger partial charge < -0.3 is 4.74 Å². The summed E-state index contributed by atoms with van der Waals surface area (Å²) in [5.74, 6) is -0.317. The summed E-state index contributed by atoms with van der Waals surface area (Å²) in [7, 11) is 0. The second-order valence-corrected chi connectivity index (χ2v) is 4.46. The van der Waals surface area contributed by atoms with E-state index in [1.54, 1.807) is 19.3 Å². The van der Waals surface area contributed by atoms with Gasteiger partial charge in [-0.25, -0.2) is 14.5 Å². The molecule has 2 heterocycles. The Bertz CT molecular complexity index is 580. The van der Waals surface area contributed by atoms with Crippen LogP contribution >= 0.6 is 22.6 Å². The van der Waals surface area contributed by atoms with Gasteiger partial charge in [0.05, 0.1) is 18.4 Å². The van der Waals surface area contributed by atoms with Gasteiger partial charge in [-0.05, 0) is 19.4 Å². The van der Waals surface area contributed by atoms with Gasteiger partial charge in [-0.3, -0.25) is 0 Å². The highest BCUT2D eigenvalue weighted by Gasteiger charge is 2.17. The van der Waals surface area contributed by atoms with Crippen molar-refractivity contribution in [1.82, 2.24) is 14.8 Å². The molecule has 0 N–H and O–H groups in total. The van der Waals surface area contributed by atoms with Crippen LogP contribution in [0.4, 0.5) is 0 Å². The van der Waals surface area contributed by atoms with Crippen molar-refractivity contribution in [2.75, 3.05) is 6.61 Å². The van der Waals surface area contributed by atoms with Gasteiger partial charge in [-0.1, -0.05) is 22.6 Å². The summed E-state index contributed by atoms with van der Waals surface area (Å²) in [6.07, 6.45) is 3.35. The fraction of sp³-hybridized carbons (Fsp3) is 0.417. The lowest BCUT2D eigenvalue weighted by Gasteiger charge is -2.07. The third-order valence-corrected chi connectivity index (χ3v) is 3.47. The smallest absolute Gasteiger partial charge is 0.340 e. The largest absolute Gasteiger partial charge is 0.462 e. The summed E-state index contributed by atoms with van der Waals surface area (Å²) < 4.78 is 7.59. The molecule has 0 aliphatic heterocycles. The molecule has 0 aromatic carbocycles. The van der Waals surface area contributed by atoms with Crippen LogP contribution in [0.3, 0.4) is 0 Å². The molecule has 96 valence electrons. The molecule has 0 radical (unpaired) electrons. The maximum absolute atomic E-state index is 11.9. The van der Waals surface area contributed by atoms with Crippen molar-refractivity contribution in [3.8, 4) is 0 Å². The quantitative estimate of drug-likeness (QED) is 0.478. The molecule has 0 spiro atoms. The van der Waals surface area contributed by atoms with Gasteiger partial charge in [0, 0.05) is 22.6 Å².